The number of ether oxygens (including phenoxy) is 1. The van der Waals surface area contributed by atoms with E-state index in [-0.39, 0.29) is 6.10 Å². The molecule has 32 heavy (non-hydrogen) atoms. The van der Waals surface area contributed by atoms with Gasteiger partial charge < -0.3 is 9.30 Å². The van der Waals surface area contributed by atoms with E-state index in [2.05, 4.69) is 46.8 Å². The molecule has 2 aromatic heterocycles. The molecule has 0 spiro atoms. The van der Waals surface area contributed by atoms with Gasteiger partial charge >= 0.3 is 0 Å². The number of aromatic nitrogens is 4. The highest BCUT2D eigenvalue weighted by Crippen LogP contribution is 2.31. The Hall–Kier alpha value is -2.35. The molecule has 8 heteroatoms. The number of benzene rings is 2. The van der Waals surface area contributed by atoms with Crippen LogP contribution in [0.2, 0.25) is 5.02 Å². The molecule has 0 fully saturated rings. The third-order valence-electron chi connectivity index (χ3n) is 5.15. The first-order valence-corrected chi connectivity index (χ1v) is 12.5. The van der Waals surface area contributed by atoms with E-state index in [9.17, 15) is 0 Å². The van der Waals surface area contributed by atoms with E-state index in [4.69, 9.17) is 21.3 Å². The summed E-state index contributed by atoms with van der Waals surface area (Å²) in [6.07, 6.45) is -0.241. The molecule has 5 nitrogen and oxygen atoms in total. The Morgan fingerprint density at radius 3 is 2.47 bits per heavy atom. The zero-order valence-corrected chi connectivity index (χ0v) is 21.1. The molecular formula is C24H25ClN4OS2. The lowest BCUT2D eigenvalue weighted by Crippen LogP contribution is -2.10. The topological polar surface area (TPSA) is 52.8 Å². The van der Waals surface area contributed by atoms with Gasteiger partial charge in [-0.3, -0.25) is 0 Å². The molecule has 1 atom stereocenters. The number of aryl methyl sites for hydroxylation is 3. The van der Waals surface area contributed by atoms with Gasteiger partial charge in [0.05, 0.1) is 5.69 Å². The Bertz CT molecular complexity index is 1210. The van der Waals surface area contributed by atoms with Gasteiger partial charge in [-0.2, -0.15) is 0 Å². The van der Waals surface area contributed by atoms with Gasteiger partial charge in [-0.25, -0.2) is 4.98 Å². The van der Waals surface area contributed by atoms with Crippen LogP contribution in [0.5, 0.6) is 5.75 Å². The molecule has 4 aromatic rings. The minimum absolute atomic E-state index is 0.241. The van der Waals surface area contributed by atoms with Crippen LogP contribution in [-0.2, 0) is 12.8 Å². The van der Waals surface area contributed by atoms with E-state index in [0.29, 0.717) is 0 Å². The summed E-state index contributed by atoms with van der Waals surface area (Å²) in [6.45, 7) is 8.03. The molecule has 0 amide bonds. The van der Waals surface area contributed by atoms with Gasteiger partial charge in [0.25, 0.3) is 0 Å². The summed E-state index contributed by atoms with van der Waals surface area (Å²) in [7, 11) is 1.97. The Balaban J connectivity index is 1.41. The Labute approximate surface area is 201 Å². The predicted molar refractivity (Wildman–Crippen MR) is 133 cm³/mol. The van der Waals surface area contributed by atoms with Gasteiger partial charge in [0.15, 0.2) is 17.1 Å². The van der Waals surface area contributed by atoms with Crippen molar-refractivity contribution in [2.45, 2.75) is 44.7 Å². The maximum Gasteiger partial charge on any atom is 0.191 e. The molecular weight excluding hydrogens is 460 g/mol. The summed E-state index contributed by atoms with van der Waals surface area (Å²) in [5, 5.41) is 13.5. The van der Waals surface area contributed by atoms with Crippen molar-refractivity contribution in [3.05, 3.63) is 75.0 Å². The number of nitrogens with zero attached hydrogens (tertiary/aromatic N) is 4. The molecule has 1 unspecified atom stereocenters. The number of hydrogen-bond donors (Lipinski definition) is 0. The second kappa shape index (κ2) is 9.65. The molecule has 0 radical (unpaired) electrons. The van der Waals surface area contributed by atoms with Crippen molar-refractivity contribution in [3.63, 3.8) is 0 Å². The van der Waals surface area contributed by atoms with Gasteiger partial charge in [-0.05, 0) is 51.0 Å². The average Bonchev–Trinajstić information content (AvgIpc) is 3.37. The van der Waals surface area contributed by atoms with Crippen LogP contribution in [-0.4, -0.2) is 19.7 Å². The quantitative estimate of drug-likeness (QED) is 0.265. The highest BCUT2D eigenvalue weighted by Gasteiger charge is 2.18. The molecule has 0 saturated heterocycles. The predicted octanol–water partition coefficient (Wildman–Crippen LogP) is 6.95. The van der Waals surface area contributed by atoms with Crippen LogP contribution in [0.4, 0.5) is 0 Å². The normalized spacial score (nSPS) is 12.2. The number of hydrogen-bond acceptors (Lipinski definition) is 6. The Morgan fingerprint density at radius 2 is 1.78 bits per heavy atom. The van der Waals surface area contributed by atoms with Gasteiger partial charge in [0, 0.05) is 28.8 Å². The summed E-state index contributed by atoms with van der Waals surface area (Å²) in [5.41, 5.74) is 5.43. The van der Waals surface area contributed by atoms with Gasteiger partial charge in [-0.1, -0.05) is 53.2 Å². The Morgan fingerprint density at radius 1 is 1.09 bits per heavy atom. The first-order chi connectivity index (χ1) is 15.3. The van der Waals surface area contributed by atoms with Gasteiger partial charge in [0.2, 0.25) is 0 Å². The maximum absolute atomic E-state index is 6.27. The summed E-state index contributed by atoms with van der Waals surface area (Å²) in [5.74, 6) is 2.29. The zero-order chi connectivity index (χ0) is 22.8. The van der Waals surface area contributed by atoms with Crippen LogP contribution in [0.25, 0.3) is 10.6 Å². The fraction of sp³-hybridized carbons (Fsp3) is 0.292. The van der Waals surface area contributed by atoms with Crippen molar-refractivity contribution in [2.75, 3.05) is 0 Å². The maximum atomic E-state index is 6.27. The molecule has 0 N–H and O–H groups in total. The minimum Gasteiger partial charge on any atom is -0.483 e. The van der Waals surface area contributed by atoms with Crippen molar-refractivity contribution in [2.24, 2.45) is 7.05 Å². The van der Waals surface area contributed by atoms with Crippen LogP contribution in [0.3, 0.4) is 0 Å². The van der Waals surface area contributed by atoms with Crippen molar-refractivity contribution >= 4 is 34.7 Å². The molecule has 0 bridgehead atoms. The first-order valence-electron chi connectivity index (χ1n) is 10.3. The van der Waals surface area contributed by atoms with Crippen LogP contribution in [0, 0.1) is 20.8 Å². The summed E-state index contributed by atoms with van der Waals surface area (Å²) in [4.78, 5) is 4.78. The monoisotopic (exact) mass is 484 g/mol. The highest BCUT2D eigenvalue weighted by atomic mass is 35.5. The van der Waals surface area contributed by atoms with E-state index in [1.54, 1.807) is 23.1 Å². The fourth-order valence-corrected chi connectivity index (χ4v) is 5.23. The molecule has 166 valence electrons. The summed E-state index contributed by atoms with van der Waals surface area (Å²) in [6, 6.07) is 12.4. The van der Waals surface area contributed by atoms with Crippen LogP contribution >= 0.6 is 34.7 Å². The van der Waals surface area contributed by atoms with E-state index in [0.717, 1.165) is 54.9 Å². The number of halogens is 1. The van der Waals surface area contributed by atoms with Crippen molar-refractivity contribution in [1.29, 1.82) is 0 Å². The molecule has 2 aromatic carbocycles. The van der Waals surface area contributed by atoms with E-state index >= 15 is 0 Å². The van der Waals surface area contributed by atoms with Crippen LogP contribution in [0.15, 0.2) is 46.9 Å². The van der Waals surface area contributed by atoms with Crippen molar-refractivity contribution in [1.82, 2.24) is 19.7 Å². The molecule has 4 rings (SSSR count). The first kappa shape index (κ1) is 22.8. The minimum atomic E-state index is -0.241. The Kier molecular flexibility index (Phi) is 6.88. The standard InChI is InChI=1S/C24H25ClN4OS2/c1-14-6-8-18(9-7-14)23-26-19(12-31-23)13-32-24-28-27-22(29(24)5)17(4)30-20-10-15(2)21(25)16(3)11-20/h6-12,17H,13H2,1-5H3. The zero-order valence-electron chi connectivity index (χ0n) is 18.7. The molecule has 2 heterocycles. The highest BCUT2D eigenvalue weighted by molar-refractivity contribution is 7.98. The van der Waals surface area contributed by atoms with E-state index < -0.39 is 0 Å². The number of rotatable bonds is 7. The van der Waals surface area contributed by atoms with Gasteiger partial charge in [0.1, 0.15) is 10.8 Å². The van der Waals surface area contributed by atoms with Crippen molar-refractivity contribution in [3.8, 4) is 16.3 Å². The molecule has 0 aliphatic heterocycles. The number of thioether (sulfide) groups is 1. The number of thiazole rings is 1. The molecule has 0 aliphatic rings. The summed E-state index contributed by atoms with van der Waals surface area (Å²) >= 11 is 9.56. The van der Waals surface area contributed by atoms with Crippen LogP contribution < -0.4 is 4.74 Å². The van der Waals surface area contributed by atoms with E-state index in [1.807, 2.05) is 44.5 Å². The second-order valence-electron chi connectivity index (χ2n) is 7.83. The fourth-order valence-electron chi connectivity index (χ4n) is 3.38. The lowest BCUT2D eigenvalue weighted by molar-refractivity contribution is 0.211. The summed E-state index contributed by atoms with van der Waals surface area (Å²) < 4.78 is 8.12. The lowest BCUT2D eigenvalue weighted by Gasteiger charge is -2.16. The lowest BCUT2D eigenvalue weighted by atomic mass is 10.1. The third kappa shape index (κ3) is 5.00. The molecule has 0 saturated carbocycles. The average molecular weight is 485 g/mol. The second-order valence-corrected chi connectivity index (χ2v) is 10.0. The largest absolute Gasteiger partial charge is 0.483 e. The van der Waals surface area contributed by atoms with E-state index in [1.165, 1.54) is 5.56 Å². The van der Waals surface area contributed by atoms with Crippen molar-refractivity contribution < 1.29 is 4.74 Å². The SMILES string of the molecule is Cc1ccc(-c2nc(CSc3nnc(C(C)Oc4cc(C)c(Cl)c(C)c4)n3C)cs2)cc1. The smallest absolute Gasteiger partial charge is 0.191 e. The molecule has 0 aliphatic carbocycles. The van der Waals surface area contributed by atoms with Crippen LogP contribution in [0.1, 0.15) is 41.2 Å². The van der Waals surface area contributed by atoms with Gasteiger partial charge in [-0.15, -0.1) is 21.5 Å². The third-order valence-corrected chi connectivity index (χ3v) is 7.74.